The Morgan fingerprint density at radius 1 is 1.56 bits per heavy atom. The van der Waals surface area contributed by atoms with Gasteiger partial charge in [0.25, 0.3) is 0 Å². The summed E-state index contributed by atoms with van der Waals surface area (Å²) in [6.07, 6.45) is 0. The van der Waals surface area contributed by atoms with Crippen molar-refractivity contribution in [3.8, 4) is 5.75 Å². The summed E-state index contributed by atoms with van der Waals surface area (Å²) in [4.78, 5) is 13.6. The van der Waals surface area contributed by atoms with E-state index in [1.54, 1.807) is 31.2 Å². The Morgan fingerprint density at radius 2 is 2.22 bits per heavy atom. The van der Waals surface area contributed by atoms with E-state index < -0.39 is 0 Å². The van der Waals surface area contributed by atoms with Crippen LogP contribution in [0.5, 0.6) is 5.75 Å². The fourth-order valence-corrected chi connectivity index (χ4v) is 1.58. The number of carbonyl (C=O) groups excluding carboxylic acids is 1. The predicted octanol–water partition coefficient (Wildman–Crippen LogP) is 1.56. The smallest absolute Gasteiger partial charge is 0.244 e. The van der Waals surface area contributed by atoms with Gasteiger partial charge >= 0.3 is 0 Å². The van der Waals surface area contributed by atoms with E-state index >= 15 is 0 Å². The molecule has 1 atom stereocenters. The zero-order valence-electron chi connectivity index (χ0n) is 11.4. The molecular weight excluding hydrogens is 230 g/mol. The SMILES string of the molecule is CCN(C)C(=O)C(C)Nc1ccc(OC)cc1N. The molecule has 1 aromatic carbocycles. The second-order valence-electron chi connectivity index (χ2n) is 4.17. The highest BCUT2D eigenvalue weighted by Crippen LogP contribution is 2.24. The van der Waals surface area contributed by atoms with Crippen molar-refractivity contribution < 1.29 is 9.53 Å². The first kappa shape index (κ1) is 14.2. The lowest BCUT2D eigenvalue weighted by molar-refractivity contribution is -0.130. The molecule has 0 radical (unpaired) electrons. The lowest BCUT2D eigenvalue weighted by atomic mass is 10.2. The Hall–Kier alpha value is -1.91. The van der Waals surface area contributed by atoms with Crippen molar-refractivity contribution in [3.63, 3.8) is 0 Å². The van der Waals surface area contributed by atoms with Crippen molar-refractivity contribution in [2.75, 3.05) is 31.8 Å². The van der Waals surface area contributed by atoms with E-state index in [0.717, 1.165) is 5.69 Å². The first-order chi connectivity index (χ1) is 8.49. The third-order valence-electron chi connectivity index (χ3n) is 2.85. The molecule has 0 heterocycles. The summed E-state index contributed by atoms with van der Waals surface area (Å²) in [5.74, 6) is 0.732. The van der Waals surface area contributed by atoms with Gasteiger partial charge in [0.05, 0.1) is 18.5 Å². The van der Waals surface area contributed by atoms with Crippen molar-refractivity contribution in [2.45, 2.75) is 19.9 Å². The van der Waals surface area contributed by atoms with Crippen LogP contribution >= 0.6 is 0 Å². The Kier molecular flexibility index (Phi) is 4.83. The predicted molar refractivity (Wildman–Crippen MR) is 73.8 cm³/mol. The molecule has 1 amide bonds. The molecule has 0 saturated heterocycles. The first-order valence-electron chi connectivity index (χ1n) is 5.94. The van der Waals surface area contributed by atoms with Gasteiger partial charge in [0.2, 0.25) is 5.91 Å². The molecule has 0 aliphatic rings. The summed E-state index contributed by atoms with van der Waals surface area (Å²) < 4.78 is 5.08. The number of likely N-dealkylation sites (N-methyl/N-ethyl adjacent to an activating group) is 1. The van der Waals surface area contributed by atoms with Gasteiger partial charge in [-0.1, -0.05) is 0 Å². The molecule has 0 spiro atoms. The van der Waals surface area contributed by atoms with Crippen molar-refractivity contribution in [2.24, 2.45) is 0 Å². The number of nitrogens with zero attached hydrogens (tertiary/aromatic N) is 1. The maximum Gasteiger partial charge on any atom is 0.244 e. The molecule has 1 aromatic rings. The van der Waals surface area contributed by atoms with E-state index in [0.29, 0.717) is 18.0 Å². The highest BCUT2D eigenvalue weighted by atomic mass is 16.5. The number of anilines is 2. The van der Waals surface area contributed by atoms with Gasteiger partial charge in [-0.15, -0.1) is 0 Å². The molecule has 0 fully saturated rings. The number of carbonyl (C=O) groups is 1. The van der Waals surface area contributed by atoms with Crippen LogP contribution in [0.2, 0.25) is 0 Å². The molecule has 5 heteroatoms. The van der Waals surface area contributed by atoms with Crippen LogP contribution < -0.4 is 15.8 Å². The molecule has 0 aliphatic heterocycles. The van der Waals surface area contributed by atoms with Gasteiger partial charge in [0, 0.05) is 19.7 Å². The number of hydrogen-bond donors (Lipinski definition) is 2. The van der Waals surface area contributed by atoms with Crippen LogP contribution in [0.1, 0.15) is 13.8 Å². The van der Waals surface area contributed by atoms with Crippen LogP contribution in [0, 0.1) is 0 Å². The molecular formula is C13H21N3O2. The molecule has 0 bridgehead atoms. The minimum absolute atomic E-state index is 0.0349. The fraction of sp³-hybridized carbons (Fsp3) is 0.462. The Balaban J connectivity index is 2.76. The van der Waals surface area contributed by atoms with Gasteiger partial charge < -0.3 is 20.7 Å². The molecule has 18 heavy (non-hydrogen) atoms. The number of hydrogen-bond acceptors (Lipinski definition) is 4. The maximum absolute atomic E-state index is 11.9. The van der Waals surface area contributed by atoms with Gasteiger partial charge in [0.1, 0.15) is 11.8 Å². The number of benzene rings is 1. The molecule has 0 aromatic heterocycles. The van der Waals surface area contributed by atoms with Crippen molar-refractivity contribution in [1.29, 1.82) is 0 Å². The fourth-order valence-electron chi connectivity index (χ4n) is 1.58. The van der Waals surface area contributed by atoms with Crippen LogP contribution in [0.15, 0.2) is 18.2 Å². The zero-order chi connectivity index (χ0) is 13.7. The number of nitrogens with two attached hydrogens (primary N) is 1. The highest BCUT2D eigenvalue weighted by Gasteiger charge is 2.16. The van der Waals surface area contributed by atoms with E-state index in [-0.39, 0.29) is 11.9 Å². The van der Waals surface area contributed by atoms with Gasteiger partial charge in [-0.3, -0.25) is 4.79 Å². The van der Waals surface area contributed by atoms with E-state index in [4.69, 9.17) is 10.5 Å². The van der Waals surface area contributed by atoms with Crippen LogP contribution in [0.4, 0.5) is 11.4 Å². The average Bonchev–Trinajstić information content (AvgIpc) is 2.38. The molecule has 100 valence electrons. The number of nitrogens with one attached hydrogen (secondary N) is 1. The summed E-state index contributed by atoms with van der Waals surface area (Å²) in [7, 11) is 3.36. The van der Waals surface area contributed by atoms with Gasteiger partial charge in [-0.05, 0) is 26.0 Å². The van der Waals surface area contributed by atoms with Crippen LogP contribution in [-0.2, 0) is 4.79 Å². The number of methoxy groups -OCH3 is 1. The Bertz CT molecular complexity index is 421. The number of rotatable bonds is 5. The standard InChI is InChI=1S/C13H21N3O2/c1-5-16(3)13(17)9(2)15-12-7-6-10(18-4)8-11(12)14/h6-9,15H,5,14H2,1-4H3. The largest absolute Gasteiger partial charge is 0.497 e. The minimum atomic E-state index is -0.314. The van der Waals surface area contributed by atoms with Gasteiger partial charge in [0.15, 0.2) is 0 Å². The number of amides is 1. The van der Waals surface area contributed by atoms with E-state index in [9.17, 15) is 4.79 Å². The topological polar surface area (TPSA) is 67.6 Å². The molecule has 0 saturated carbocycles. The monoisotopic (exact) mass is 251 g/mol. The lowest BCUT2D eigenvalue weighted by Crippen LogP contribution is -2.38. The molecule has 1 rings (SSSR count). The summed E-state index contributed by atoms with van der Waals surface area (Å²) in [5.41, 5.74) is 7.19. The van der Waals surface area contributed by atoms with Crippen molar-refractivity contribution >= 4 is 17.3 Å². The summed E-state index contributed by atoms with van der Waals surface area (Å²) in [6, 6.07) is 5.03. The van der Waals surface area contributed by atoms with Crippen LogP contribution in [0.3, 0.4) is 0 Å². The van der Waals surface area contributed by atoms with Crippen LogP contribution in [-0.4, -0.2) is 37.6 Å². The average molecular weight is 251 g/mol. The third-order valence-corrected chi connectivity index (χ3v) is 2.85. The maximum atomic E-state index is 11.9. The van der Waals surface area contributed by atoms with E-state index in [1.807, 2.05) is 19.9 Å². The molecule has 0 aliphatic carbocycles. The highest BCUT2D eigenvalue weighted by molar-refractivity contribution is 5.85. The molecule has 5 nitrogen and oxygen atoms in total. The first-order valence-corrected chi connectivity index (χ1v) is 5.94. The second-order valence-corrected chi connectivity index (χ2v) is 4.17. The van der Waals surface area contributed by atoms with Crippen molar-refractivity contribution in [1.82, 2.24) is 4.90 Å². The van der Waals surface area contributed by atoms with Gasteiger partial charge in [-0.25, -0.2) is 0 Å². The third kappa shape index (κ3) is 3.29. The number of nitrogen functional groups attached to an aromatic ring is 1. The quantitative estimate of drug-likeness (QED) is 0.779. The lowest BCUT2D eigenvalue weighted by Gasteiger charge is -2.22. The Morgan fingerprint density at radius 3 is 2.72 bits per heavy atom. The Labute approximate surface area is 108 Å². The minimum Gasteiger partial charge on any atom is -0.497 e. The van der Waals surface area contributed by atoms with Gasteiger partial charge in [-0.2, -0.15) is 0 Å². The normalized spacial score (nSPS) is 11.8. The van der Waals surface area contributed by atoms with Crippen LogP contribution in [0.25, 0.3) is 0 Å². The van der Waals surface area contributed by atoms with E-state index in [2.05, 4.69) is 5.32 Å². The zero-order valence-corrected chi connectivity index (χ0v) is 11.4. The molecule has 1 unspecified atom stereocenters. The van der Waals surface area contributed by atoms with Crippen molar-refractivity contribution in [3.05, 3.63) is 18.2 Å². The number of ether oxygens (including phenoxy) is 1. The molecule has 3 N–H and O–H groups in total. The summed E-state index contributed by atoms with van der Waals surface area (Å²) in [6.45, 7) is 4.44. The summed E-state index contributed by atoms with van der Waals surface area (Å²) in [5, 5.41) is 3.10. The van der Waals surface area contributed by atoms with E-state index in [1.165, 1.54) is 0 Å². The summed E-state index contributed by atoms with van der Waals surface area (Å²) >= 11 is 0. The second kappa shape index (κ2) is 6.14.